The number of carbonyl (C=O) groups excluding carboxylic acids is 1. The van der Waals surface area contributed by atoms with Gasteiger partial charge < -0.3 is 10.4 Å². The van der Waals surface area contributed by atoms with Crippen molar-refractivity contribution in [1.29, 1.82) is 0 Å². The molecule has 1 aliphatic rings. The molecular formula is C17H26N2O3S. The first-order valence-electron chi connectivity index (χ1n) is 8.10. The number of hydrogen-bond acceptors (Lipinski definition) is 4. The summed E-state index contributed by atoms with van der Waals surface area (Å²) in [4.78, 5) is 28.2. The molecule has 1 aromatic heterocycles. The first kappa shape index (κ1) is 17.9. The summed E-state index contributed by atoms with van der Waals surface area (Å²) in [6.07, 6.45) is 2.96. The monoisotopic (exact) mass is 338 g/mol. The van der Waals surface area contributed by atoms with Crippen LogP contribution in [0, 0.1) is 24.2 Å². The number of nitrogens with zero attached hydrogens (tertiary/aromatic N) is 1. The maximum absolute atomic E-state index is 12.6. The highest BCUT2D eigenvalue weighted by molar-refractivity contribution is 7.13. The third kappa shape index (κ3) is 4.31. The first-order valence-corrected chi connectivity index (χ1v) is 8.91. The van der Waals surface area contributed by atoms with Gasteiger partial charge in [0.2, 0.25) is 5.91 Å². The van der Waals surface area contributed by atoms with E-state index < -0.39 is 5.97 Å². The van der Waals surface area contributed by atoms with E-state index in [0.29, 0.717) is 16.6 Å². The second-order valence-electron chi connectivity index (χ2n) is 7.61. The lowest BCUT2D eigenvalue weighted by Crippen LogP contribution is -2.39. The number of amides is 1. The van der Waals surface area contributed by atoms with Gasteiger partial charge in [0.15, 0.2) is 0 Å². The van der Waals surface area contributed by atoms with Crippen LogP contribution in [0.2, 0.25) is 0 Å². The van der Waals surface area contributed by atoms with Crippen molar-refractivity contribution in [2.75, 3.05) is 0 Å². The fraction of sp³-hybridized carbons (Fsp3) is 0.706. The van der Waals surface area contributed by atoms with Crippen molar-refractivity contribution in [3.63, 3.8) is 0 Å². The lowest BCUT2D eigenvalue weighted by molar-refractivity contribution is -0.128. The van der Waals surface area contributed by atoms with Crippen LogP contribution in [0.3, 0.4) is 0 Å². The fourth-order valence-corrected chi connectivity index (χ4v) is 4.65. The molecule has 0 saturated heterocycles. The summed E-state index contributed by atoms with van der Waals surface area (Å²) in [6, 6.07) is -0.264. The number of aromatic carboxylic acids is 1. The molecule has 0 aromatic carbocycles. The van der Waals surface area contributed by atoms with Gasteiger partial charge in [0.05, 0.1) is 11.7 Å². The van der Waals surface area contributed by atoms with Crippen LogP contribution < -0.4 is 5.32 Å². The zero-order valence-corrected chi connectivity index (χ0v) is 15.3. The maximum Gasteiger partial charge on any atom is 0.347 e. The molecule has 0 aliphatic heterocycles. The van der Waals surface area contributed by atoms with Crippen molar-refractivity contribution in [1.82, 2.24) is 10.3 Å². The zero-order valence-electron chi connectivity index (χ0n) is 14.5. The quantitative estimate of drug-likeness (QED) is 0.875. The number of hydrogen-bond donors (Lipinski definition) is 2. The summed E-state index contributed by atoms with van der Waals surface area (Å²) < 4.78 is 0. The fourth-order valence-electron chi connectivity index (χ4n) is 3.74. The molecular weight excluding hydrogens is 312 g/mol. The van der Waals surface area contributed by atoms with E-state index in [9.17, 15) is 9.59 Å². The smallest absolute Gasteiger partial charge is 0.347 e. The molecule has 128 valence electrons. The number of thiazole rings is 1. The number of rotatable bonds is 4. The molecule has 3 atom stereocenters. The highest BCUT2D eigenvalue weighted by Crippen LogP contribution is 2.41. The highest BCUT2D eigenvalue weighted by atomic mass is 32.1. The minimum absolute atomic E-state index is 0.0243. The number of carboxylic acid groups (broad SMARTS) is 1. The Kier molecular flexibility index (Phi) is 5.14. The van der Waals surface area contributed by atoms with Crippen LogP contribution >= 0.6 is 11.3 Å². The van der Waals surface area contributed by atoms with Crippen LogP contribution in [0.4, 0.5) is 0 Å². The number of carboxylic acids is 1. The summed E-state index contributed by atoms with van der Waals surface area (Å²) in [7, 11) is 0. The van der Waals surface area contributed by atoms with Gasteiger partial charge >= 0.3 is 5.97 Å². The van der Waals surface area contributed by atoms with E-state index in [0.717, 1.165) is 30.6 Å². The van der Waals surface area contributed by atoms with Crippen molar-refractivity contribution >= 4 is 23.2 Å². The van der Waals surface area contributed by atoms with Crippen LogP contribution in [0.25, 0.3) is 0 Å². The number of aromatic nitrogens is 1. The van der Waals surface area contributed by atoms with E-state index in [1.165, 1.54) is 0 Å². The summed E-state index contributed by atoms with van der Waals surface area (Å²) in [5, 5.41) is 12.8. The summed E-state index contributed by atoms with van der Waals surface area (Å²) in [5.41, 5.74) is 0.697. The van der Waals surface area contributed by atoms with Crippen molar-refractivity contribution in [2.45, 2.75) is 59.9 Å². The number of carbonyl (C=O) groups is 2. The van der Waals surface area contributed by atoms with Gasteiger partial charge in [0.25, 0.3) is 0 Å². The molecule has 3 unspecified atom stereocenters. The van der Waals surface area contributed by atoms with E-state index in [-0.39, 0.29) is 28.2 Å². The second-order valence-corrected chi connectivity index (χ2v) is 8.64. The highest BCUT2D eigenvalue weighted by Gasteiger charge is 2.36. The summed E-state index contributed by atoms with van der Waals surface area (Å²) in [5.74, 6) is -0.337. The Balaban J connectivity index is 2.05. The molecule has 2 N–H and O–H groups in total. The van der Waals surface area contributed by atoms with Crippen LogP contribution in [0.1, 0.15) is 73.4 Å². The topological polar surface area (TPSA) is 79.3 Å². The largest absolute Gasteiger partial charge is 0.477 e. The average Bonchev–Trinajstić information content (AvgIpc) is 2.78. The third-order valence-electron chi connectivity index (χ3n) is 4.49. The normalized spacial score (nSPS) is 24.9. The van der Waals surface area contributed by atoms with E-state index in [4.69, 9.17) is 5.11 Å². The Morgan fingerprint density at radius 1 is 1.39 bits per heavy atom. The molecule has 1 aliphatic carbocycles. The standard InChI is InChI=1S/C17H26N2O3S/c1-9-6-12(8-17(4,5)7-9)14(20)18-11(3)15-19-10(2)13(23-15)16(21)22/h9,11-12H,6-8H2,1-5H3,(H,18,20)(H,21,22). The van der Waals surface area contributed by atoms with Gasteiger partial charge in [-0.2, -0.15) is 0 Å². The van der Waals surface area contributed by atoms with Gasteiger partial charge in [0, 0.05) is 5.92 Å². The Hall–Kier alpha value is -1.43. The van der Waals surface area contributed by atoms with Gasteiger partial charge in [-0.05, 0) is 44.4 Å². The van der Waals surface area contributed by atoms with Crippen molar-refractivity contribution < 1.29 is 14.7 Å². The molecule has 1 heterocycles. The number of aryl methyl sites for hydroxylation is 1. The minimum atomic E-state index is -0.965. The summed E-state index contributed by atoms with van der Waals surface area (Å²) in [6.45, 7) is 10.2. The maximum atomic E-state index is 12.6. The third-order valence-corrected chi connectivity index (χ3v) is 5.82. The Morgan fingerprint density at radius 2 is 2.04 bits per heavy atom. The molecule has 1 saturated carbocycles. The van der Waals surface area contributed by atoms with E-state index in [2.05, 4.69) is 31.1 Å². The van der Waals surface area contributed by atoms with Gasteiger partial charge in [-0.15, -0.1) is 11.3 Å². The van der Waals surface area contributed by atoms with E-state index in [1.807, 2.05) is 6.92 Å². The van der Waals surface area contributed by atoms with Crippen LogP contribution in [0.5, 0.6) is 0 Å². The van der Waals surface area contributed by atoms with Gasteiger partial charge in [-0.3, -0.25) is 4.79 Å². The Labute approximate surface area is 141 Å². The molecule has 1 aromatic rings. The predicted molar refractivity (Wildman–Crippen MR) is 90.7 cm³/mol. The Morgan fingerprint density at radius 3 is 2.57 bits per heavy atom. The SMILES string of the molecule is Cc1nc(C(C)NC(=O)C2CC(C)CC(C)(C)C2)sc1C(=O)O. The summed E-state index contributed by atoms with van der Waals surface area (Å²) >= 11 is 1.14. The second kappa shape index (κ2) is 6.59. The van der Waals surface area contributed by atoms with Crippen LogP contribution in [-0.2, 0) is 4.79 Å². The van der Waals surface area contributed by atoms with Crippen LogP contribution in [-0.4, -0.2) is 22.0 Å². The van der Waals surface area contributed by atoms with Gasteiger partial charge in [-0.25, -0.2) is 9.78 Å². The lowest BCUT2D eigenvalue weighted by atomic mass is 9.68. The molecule has 0 radical (unpaired) electrons. The van der Waals surface area contributed by atoms with Crippen LogP contribution in [0.15, 0.2) is 0 Å². The molecule has 0 bridgehead atoms. The molecule has 2 rings (SSSR count). The number of nitrogens with one attached hydrogen (secondary N) is 1. The predicted octanol–water partition coefficient (Wildman–Crippen LogP) is 3.79. The molecule has 23 heavy (non-hydrogen) atoms. The molecule has 1 fully saturated rings. The lowest BCUT2D eigenvalue weighted by Gasteiger charge is -2.38. The van der Waals surface area contributed by atoms with Crippen molar-refractivity contribution in [2.24, 2.45) is 17.3 Å². The van der Waals surface area contributed by atoms with E-state index in [1.54, 1.807) is 6.92 Å². The zero-order chi connectivity index (χ0) is 17.4. The van der Waals surface area contributed by atoms with Gasteiger partial charge in [0.1, 0.15) is 9.88 Å². The molecule has 5 nitrogen and oxygen atoms in total. The molecule has 1 amide bonds. The minimum Gasteiger partial charge on any atom is -0.477 e. The van der Waals surface area contributed by atoms with Gasteiger partial charge in [-0.1, -0.05) is 20.8 Å². The van der Waals surface area contributed by atoms with Crippen molar-refractivity contribution in [3.05, 3.63) is 15.6 Å². The first-order chi connectivity index (χ1) is 10.6. The molecule has 0 spiro atoms. The van der Waals surface area contributed by atoms with Crippen molar-refractivity contribution in [3.8, 4) is 0 Å². The average molecular weight is 338 g/mol. The Bertz CT molecular complexity index is 609. The van der Waals surface area contributed by atoms with E-state index >= 15 is 0 Å². The molecule has 6 heteroatoms.